The van der Waals surface area contributed by atoms with Gasteiger partial charge in [0.25, 0.3) is 5.91 Å². The second kappa shape index (κ2) is 14.2. The Balaban J connectivity index is 1.50. The van der Waals surface area contributed by atoms with E-state index in [1.165, 1.54) is 38.9 Å². The number of nitrogen functional groups attached to an aromatic ring is 1. The largest absolute Gasteiger partial charge is 0.395 e. The Morgan fingerprint density at radius 3 is 2.43 bits per heavy atom. The van der Waals surface area contributed by atoms with Crippen molar-refractivity contribution in [2.24, 2.45) is 11.8 Å². The molecule has 5 N–H and O–H groups in total. The first-order valence-corrected chi connectivity index (χ1v) is 15.1. The third-order valence-corrected chi connectivity index (χ3v) is 8.51. The molecule has 0 spiro atoms. The molecule has 2 aromatic rings. The number of hydrogen-bond donors (Lipinski definition) is 4. The van der Waals surface area contributed by atoms with Crippen LogP contribution in [0, 0.1) is 24.2 Å². The van der Waals surface area contributed by atoms with E-state index < -0.39 is 35.3 Å². The van der Waals surface area contributed by atoms with E-state index in [0.29, 0.717) is 23.0 Å². The van der Waals surface area contributed by atoms with Crippen molar-refractivity contribution in [3.63, 3.8) is 0 Å². The predicted molar refractivity (Wildman–Crippen MR) is 166 cm³/mol. The van der Waals surface area contributed by atoms with Gasteiger partial charge in [0.15, 0.2) is 0 Å². The summed E-state index contributed by atoms with van der Waals surface area (Å²) >= 11 is 0. The number of aryl methyl sites for hydroxylation is 1. The van der Waals surface area contributed by atoms with Crippen molar-refractivity contribution in [2.75, 3.05) is 16.4 Å². The molecule has 0 aliphatic heterocycles. The molecule has 2 aliphatic carbocycles. The predicted octanol–water partition coefficient (Wildman–Crippen LogP) is 8.00. The highest BCUT2D eigenvalue weighted by atomic mass is 19.4. The molecule has 0 bridgehead atoms. The Kier molecular flexibility index (Phi) is 10.6. The highest BCUT2D eigenvalue weighted by Crippen LogP contribution is 2.41. The number of nitrogens with two attached hydrogens (primary N) is 1. The van der Waals surface area contributed by atoms with Gasteiger partial charge in [0.2, 0.25) is 0 Å². The molecule has 1 saturated carbocycles. The number of aromatic nitrogens is 2. The molecule has 1 aromatic heterocycles. The van der Waals surface area contributed by atoms with Gasteiger partial charge in [-0.25, -0.2) is 14.4 Å². The van der Waals surface area contributed by atoms with Crippen LogP contribution >= 0.6 is 0 Å². The highest BCUT2D eigenvalue weighted by molar-refractivity contribution is 6.16. The van der Waals surface area contributed by atoms with Gasteiger partial charge in [-0.3, -0.25) is 10.2 Å². The monoisotopic (exact) mass is 612 g/mol. The Labute approximate surface area is 255 Å². The van der Waals surface area contributed by atoms with E-state index in [4.69, 9.17) is 11.1 Å². The highest BCUT2D eigenvalue weighted by Gasteiger charge is 2.46. The maximum Gasteiger partial charge on any atom is 0.395 e. The van der Waals surface area contributed by atoms with Gasteiger partial charge in [-0.15, -0.1) is 0 Å². The first-order valence-electron chi connectivity index (χ1n) is 15.1. The fraction of sp³-hybridized carbons (Fsp3) is 0.455. The van der Waals surface area contributed by atoms with Gasteiger partial charge in [0.05, 0.1) is 22.8 Å². The van der Waals surface area contributed by atoms with Crippen molar-refractivity contribution in [3.05, 3.63) is 76.9 Å². The molecule has 236 valence electrons. The van der Waals surface area contributed by atoms with Crippen molar-refractivity contribution in [2.45, 2.75) is 83.9 Å². The van der Waals surface area contributed by atoms with E-state index in [1.54, 1.807) is 18.2 Å². The summed E-state index contributed by atoms with van der Waals surface area (Å²) < 4.78 is 54.8. The lowest BCUT2D eigenvalue weighted by atomic mass is 9.82. The number of allylic oxidation sites excluding steroid dienone is 4. The Morgan fingerprint density at radius 2 is 1.77 bits per heavy atom. The number of carbonyl (C=O) groups is 1. The topological polar surface area (TPSA) is 117 Å². The van der Waals surface area contributed by atoms with Gasteiger partial charge in [-0.1, -0.05) is 64.2 Å². The van der Waals surface area contributed by atoms with E-state index in [0.717, 1.165) is 42.9 Å². The number of nitrogens with zero attached hydrogens (tertiary/aromatic N) is 2. The van der Waals surface area contributed by atoms with Gasteiger partial charge < -0.3 is 16.4 Å². The summed E-state index contributed by atoms with van der Waals surface area (Å²) in [5, 5.41) is 15.0. The number of alkyl halides is 3. The molecule has 2 atom stereocenters. The molecular formula is C33H40F4N6O. The van der Waals surface area contributed by atoms with E-state index in [2.05, 4.69) is 27.2 Å². The van der Waals surface area contributed by atoms with E-state index in [-0.39, 0.29) is 29.7 Å². The van der Waals surface area contributed by atoms with Gasteiger partial charge in [0.1, 0.15) is 23.8 Å². The average molecular weight is 613 g/mol. The van der Waals surface area contributed by atoms with Crippen LogP contribution in [0.25, 0.3) is 0 Å². The zero-order valence-corrected chi connectivity index (χ0v) is 25.2. The fourth-order valence-electron chi connectivity index (χ4n) is 5.91. The molecule has 0 saturated heterocycles. The van der Waals surface area contributed by atoms with Crippen LogP contribution in [0.4, 0.5) is 34.9 Å². The summed E-state index contributed by atoms with van der Waals surface area (Å²) in [7, 11) is 0. The second-order valence-corrected chi connectivity index (χ2v) is 11.7. The van der Waals surface area contributed by atoms with E-state index in [9.17, 15) is 22.4 Å². The molecule has 44 heavy (non-hydrogen) atoms. The molecule has 4 rings (SSSR count). The lowest BCUT2D eigenvalue weighted by molar-refractivity contribution is -0.170. The minimum atomic E-state index is -4.61. The maximum atomic E-state index is 14.6. The van der Waals surface area contributed by atoms with Gasteiger partial charge >= 0.3 is 6.18 Å². The van der Waals surface area contributed by atoms with E-state index >= 15 is 0 Å². The Morgan fingerprint density at radius 1 is 1.11 bits per heavy atom. The summed E-state index contributed by atoms with van der Waals surface area (Å²) in [5.74, 6) is -4.63. The molecule has 2 unspecified atom stereocenters. The van der Waals surface area contributed by atoms with E-state index in [1.807, 2.05) is 6.92 Å². The maximum absolute atomic E-state index is 14.6. The number of hydrogen-bond acceptors (Lipinski definition) is 6. The van der Waals surface area contributed by atoms with Crippen LogP contribution < -0.4 is 16.4 Å². The van der Waals surface area contributed by atoms with Crippen molar-refractivity contribution in [1.29, 1.82) is 5.41 Å². The molecule has 2 aliphatic rings. The minimum absolute atomic E-state index is 0.0794. The number of nitrogens with one attached hydrogen (secondary N) is 3. The first kappa shape index (κ1) is 32.9. The third kappa shape index (κ3) is 7.92. The van der Waals surface area contributed by atoms with Crippen LogP contribution in [0.1, 0.15) is 75.0 Å². The number of halogens is 4. The molecule has 7 nitrogen and oxygen atoms in total. The lowest BCUT2D eigenvalue weighted by Crippen LogP contribution is -2.34. The quantitative estimate of drug-likeness (QED) is 0.178. The van der Waals surface area contributed by atoms with Crippen LogP contribution in [0.2, 0.25) is 0 Å². The van der Waals surface area contributed by atoms with Crippen molar-refractivity contribution in [1.82, 2.24) is 9.97 Å². The van der Waals surface area contributed by atoms with Crippen LogP contribution in [-0.4, -0.2) is 33.8 Å². The summed E-state index contributed by atoms with van der Waals surface area (Å²) in [6.07, 6.45) is 7.55. The van der Waals surface area contributed by atoms with Crippen molar-refractivity contribution in [3.8, 4) is 0 Å². The molecule has 1 amide bonds. The van der Waals surface area contributed by atoms with Crippen molar-refractivity contribution >= 4 is 28.9 Å². The summed E-state index contributed by atoms with van der Waals surface area (Å²) in [6, 6.07) is 5.18. The zero-order chi connectivity index (χ0) is 32.0. The first-order chi connectivity index (χ1) is 20.9. The number of amides is 1. The average Bonchev–Trinajstić information content (AvgIpc) is 3.08. The molecule has 1 aromatic carbocycles. The van der Waals surface area contributed by atoms with Crippen LogP contribution in [-0.2, 0) is 11.2 Å². The SMILES string of the molecule is C=C(Cc1cc(NC(=O)C2=C(F)C=CC(C(F)(F)F)C2C)ccc1C)C(=N)c1c(N)ncnc1NC1CCCCCCCC1. The summed E-state index contributed by atoms with van der Waals surface area (Å²) in [5.41, 5.74) is 8.43. The zero-order valence-electron chi connectivity index (χ0n) is 25.2. The lowest BCUT2D eigenvalue weighted by Gasteiger charge is -2.28. The van der Waals surface area contributed by atoms with Crippen LogP contribution in [0.3, 0.4) is 0 Å². The minimum Gasteiger partial charge on any atom is -0.383 e. The second-order valence-electron chi connectivity index (χ2n) is 11.7. The Bertz CT molecular complexity index is 1450. The smallest absolute Gasteiger partial charge is 0.383 e. The fourth-order valence-corrected chi connectivity index (χ4v) is 5.91. The van der Waals surface area contributed by atoms with Crippen molar-refractivity contribution < 1.29 is 22.4 Å². The number of rotatable bonds is 8. The van der Waals surface area contributed by atoms with Gasteiger partial charge in [0, 0.05) is 17.6 Å². The molecule has 11 heteroatoms. The van der Waals surface area contributed by atoms with Crippen LogP contribution in [0.15, 0.2) is 60.2 Å². The molecule has 0 radical (unpaired) electrons. The number of benzene rings is 1. The third-order valence-electron chi connectivity index (χ3n) is 8.51. The standard InChI is InChI=1S/C33H40F4N6O/c1-19-12-13-24(43-32(44)27-21(3)25(33(35,36)37)14-15-26(27)34)17-22(19)16-20(2)29(38)28-30(39)40-18-41-31(28)42-23-10-8-6-4-5-7-9-11-23/h12-15,17-18,21,23,25,38H,2,4-11,16H2,1,3H3,(H,43,44)(H3,39,40,41,42). The molecule has 1 fully saturated rings. The molecular weight excluding hydrogens is 572 g/mol. The van der Waals surface area contributed by atoms with Gasteiger partial charge in [-0.05, 0) is 61.1 Å². The normalized spacial score (nSPS) is 20.0. The Hall–Kier alpha value is -4.02. The van der Waals surface area contributed by atoms with Crippen LogP contribution in [0.5, 0.6) is 0 Å². The number of anilines is 3. The summed E-state index contributed by atoms with van der Waals surface area (Å²) in [6.45, 7) is 7.17. The van der Waals surface area contributed by atoms with Gasteiger partial charge in [-0.2, -0.15) is 13.2 Å². The molecule has 1 heterocycles. The summed E-state index contributed by atoms with van der Waals surface area (Å²) in [4.78, 5) is 21.5. The number of carbonyl (C=O) groups excluding carboxylic acids is 1.